The molecule has 0 spiro atoms. The first kappa shape index (κ1) is 18.7. The highest BCUT2D eigenvalue weighted by molar-refractivity contribution is 5.94. The molecule has 134 valence electrons. The highest BCUT2D eigenvalue weighted by atomic mass is 16.1. The van der Waals surface area contributed by atoms with Crippen LogP contribution in [0.3, 0.4) is 0 Å². The molecule has 0 radical (unpaired) electrons. The van der Waals surface area contributed by atoms with Crippen LogP contribution in [0.2, 0.25) is 0 Å². The molecule has 1 atom stereocenters. The van der Waals surface area contributed by atoms with Crippen molar-refractivity contribution >= 4 is 11.7 Å². The van der Waals surface area contributed by atoms with Gasteiger partial charge in [-0.25, -0.2) is 4.98 Å². The molecule has 1 fully saturated rings. The van der Waals surface area contributed by atoms with Gasteiger partial charge in [0.15, 0.2) is 0 Å². The standard InChI is InChI=1S/C19H32N4O/c1-15(2)14-23(4)18-9-8-16(13-21-18)19(24)20-11-10-17-7-5-6-12-22(17)3/h8-9,13,15,17H,5-7,10-12,14H2,1-4H3,(H,20,24). The number of anilines is 1. The van der Waals surface area contributed by atoms with Crippen LogP contribution in [0.5, 0.6) is 0 Å². The number of pyridine rings is 1. The van der Waals surface area contributed by atoms with E-state index in [1.165, 1.54) is 25.8 Å². The van der Waals surface area contributed by atoms with Gasteiger partial charge in [0.2, 0.25) is 0 Å². The summed E-state index contributed by atoms with van der Waals surface area (Å²) in [4.78, 5) is 21.2. The van der Waals surface area contributed by atoms with Crippen molar-refractivity contribution in [1.82, 2.24) is 15.2 Å². The van der Waals surface area contributed by atoms with E-state index in [1.54, 1.807) is 6.20 Å². The van der Waals surface area contributed by atoms with Gasteiger partial charge in [-0.2, -0.15) is 0 Å². The predicted molar refractivity (Wildman–Crippen MR) is 99.6 cm³/mol. The minimum absolute atomic E-state index is 0.0287. The number of nitrogens with zero attached hydrogens (tertiary/aromatic N) is 3. The van der Waals surface area contributed by atoms with E-state index in [2.05, 4.69) is 41.0 Å². The SMILES string of the molecule is CC(C)CN(C)c1ccc(C(=O)NCCC2CCCCN2C)cn1. The van der Waals surface area contributed by atoms with Gasteiger partial charge in [0.1, 0.15) is 5.82 Å². The lowest BCUT2D eigenvalue weighted by molar-refractivity contribution is 0.0945. The summed E-state index contributed by atoms with van der Waals surface area (Å²) >= 11 is 0. The number of likely N-dealkylation sites (tertiary alicyclic amines) is 1. The fourth-order valence-electron chi connectivity index (χ4n) is 3.35. The van der Waals surface area contributed by atoms with Gasteiger partial charge in [-0.05, 0) is 50.9 Å². The molecule has 2 heterocycles. The van der Waals surface area contributed by atoms with Gasteiger partial charge in [0.25, 0.3) is 5.91 Å². The number of carbonyl (C=O) groups is 1. The summed E-state index contributed by atoms with van der Waals surface area (Å²) in [6, 6.07) is 4.39. The summed E-state index contributed by atoms with van der Waals surface area (Å²) in [7, 11) is 4.21. The predicted octanol–water partition coefficient (Wildman–Crippen LogP) is 2.78. The fourth-order valence-corrected chi connectivity index (χ4v) is 3.35. The second-order valence-electron chi connectivity index (χ2n) is 7.35. The van der Waals surface area contributed by atoms with Crippen molar-refractivity contribution in [2.45, 2.75) is 45.6 Å². The molecule has 1 amide bonds. The molecule has 0 bridgehead atoms. The molecule has 1 saturated heterocycles. The maximum absolute atomic E-state index is 12.2. The zero-order valence-electron chi connectivity index (χ0n) is 15.6. The number of piperidine rings is 1. The Morgan fingerprint density at radius 2 is 2.21 bits per heavy atom. The Morgan fingerprint density at radius 3 is 2.83 bits per heavy atom. The highest BCUT2D eigenvalue weighted by Gasteiger charge is 2.18. The molecule has 1 aromatic heterocycles. The number of hydrogen-bond donors (Lipinski definition) is 1. The van der Waals surface area contributed by atoms with Gasteiger partial charge in [-0.1, -0.05) is 20.3 Å². The molecule has 1 N–H and O–H groups in total. The van der Waals surface area contributed by atoms with Crippen LogP contribution >= 0.6 is 0 Å². The zero-order chi connectivity index (χ0) is 17.5. The molecule has 2 rings (SSSR count). The normalized spacial score (nSPS) is 18.6. The third-order valence-corrected chi connectivity index (χ3v) is 4.72. The maximum Gasteiger partial charge on any atom is 0.252 e. The largest absolute Gasteiger partial charge is 0.359 e. The van der Waals surface area contributed by atoms with Crippen LogP contribution in [0.1, 0.15) is 49.9 Å². The van der Waals surface area contributed by atoms with Crippen LogP contribution < -0.4 is 10.2 Å². The van der Waals surface area contributed by atoms with Crippen molar-refractivity contribution in [2.24, 2.45) is 5.92 Å². The Balaban J connectivity index is 1.79. The highest BCUT2D eigenvalue weighted by Crippen LogP contribution is 2.17. The number of carbonyl (C=O) groups excluding carboxylic acids is 1. The van der Waals surface area contributed by atoms with E-state index in [-0.39, 0.29) is 5.91 Å². The molecule has 1 aromatic rings. The lowest BCUT2D eigenvalue weighted by Gasteiger charge is -2.32. The summed E-state index contributed by atoms with van der Waals surface area (Å²) in [5, 5.41) is 3.03. The molecule has 24 heavy (non-hydrogen) atoms. The van der Waals surface area contributed by atoms with Crippen molar-refractivity contribution in [3.63, 3.8) is 0 Å². The first-order valence-corrected chi connectivity index (χ1v) is 9.13. The Hall–Kier alpha value is -1.62. The zero-order valence-corrected chi connectivity index (χ0v) is 15.6. The third kappa shape index (κ3) is 5.48. The molecule has 0 saturated carbocycles. The Morgan fingerprint density at radius 1 is 1.42 bits per heavy atom. The van der Waals surface area contributed by atoms with Crippen LogP contribution in [-0.4, -0.2) is 55.6 Å². The molecule has 5 nitrogen and oxygen atoms in total. The Labute approximate surface area is 146 Å². The molecule has 1 unspecified atom stereocenters. The number of amides is 1. The molecule has 5 heteroatoms. The second-order valence-corrected chi connectivity index (χ2v) is 7.35. The van der Waals surface area contributed by atoms with E-state index >= 15 is 0 Å². The van der Waals surface area contributed by atoms with Crippen molar-refractivity contribution in [1.29, 1.82) is 0 Å². The molecular formula is C19H32N4O. The average molecular weight is 332 g/mol. The van der Waals surface area contributed by atoms with Crippen molar-refractivity contribution in [3.8, 4) is 0 Å². The van der Waals surface area contributed by atoms with E-state index < -0.39 is 0 Å². The monoisotopic (exact) mass is 332 g/mol. The average Bonchev–Trinajstić information content (AvgIpc) is 2.56. The Bertz CT molecular complexity index is 515. The lowest BCUT2D eigenvalue weighted by Crippen LogP contribution is -2.39. The van der Waals surface area contributed by atoms with Crippen LogP contribution in [0, 0.1) is 5.92 Å². The van der Waals surface area contributed by atoms with Gasteiger partial charge >= 0.3 is 0 Å². The fraction of sp³-hybridized carbons (Fsp3) is 0.684. The van der Waals surface area contributed by atoms with E-state index in [1.807, 2.05) is 19.2 Å². The minimum atomic E-state index is -0.0287. The number of nitrogens with one attached hydrogen (secondary N) is 1. The summed E-state index contributed by atoms with van der Waals surface area (Å²) in [5.74, 6) is 1.46. The first-order valence-electron chi connectivity index (χ1n) is 9.13. The van der Waals surface area contributed by atoms with Crippen molar-refractivity contribution < 1.29 is 4.79 Å². The lowest BCUT2D eigenvalue weighted by atomic mass is 10.0. The molecule has 1 aliphatic rings. The summed E-state index contributed by atoms with van der Waals surface area (Å²) in [6.07, 6.45) is 6.53. The molecule has 0 aliphatic carbocycles. The van der Waals surface area contributed by atoms with Gasteiger partial charge < -0.3 is 15.1 Å². The van der Waals surface area contributed by atoms with Gasteiger partial charge in [0.05, 0.1) is 5.56 Å². The van der Waals surface area contributed by atoms with Crippen LogP contribution in [0.15, 0.2) is 18.3 Å². The minimum Gasteiger partial charge on any atom is -0.359 e. The van der Waals surface area contributed by atoms with E-state index in [0.717, 1.165) is 25.3 Å². The number of aromatic nitrogens is 1. The van der Waals surface area contributed by atoms with Crippen molar-refractivity contribution in [2.75, 3.05) is 38.6 Å². The van der Waals surface area contributed by atoms with E-state index in [4.69, 9.17) is 0 Å². The Kier molecular flexibility index (Phi) is 7.03. The van der Waals surface area contributed by atoms with Gasteiger partial charge in [-0.3, -0.25) is 4.79 Å². The van der Waals surface area contributed by atoms with Crippen LogP contribution in [-0.2, 0) is 0 Å². The first-order chi connectivity index (χ1) is 11.5. The summed E-state index contributed by atoms with van der Waals surface area (Å²) in [6.45, 7) is 7.22. The summed E-state index contributed by atoms with van der Waals surface area (Å²) < 4.78 is 0. The molecular weight excluding hydrogens is 300 g/mol. The second kappa shape index (κ2) is 9.02. The quantitative estimate of drug-likeness (QED) is 0.834. The van der Waals surface area contributed by atoms with Gasteiger partial charge in [0, 0.05) is 32.4 Å². The maximum atomic E-state index is 12.2. The topological polar surface area (TPSA) is 48.5 Å². The molecule has 1 aliphatic heterocycles. The van der Waals surface area contributed by atoms with Crippen LogP contribution in [0.4, 0.5) is 5.82 Å². The summed E-state index contributed by atoms with van der Waals surface area (Å²) in [5.41, 5.74) is 0.633. The third-order valence-electron chi connectivity index (χ3n) is 4.72. The number of rotatable bonds is 7. The van der Waals surface area contributed by atoms with Gasteiger partial charge in [-0.15, -0.1) is 0 Å². The molecule has 0 aromatic carbocycles. The van der Waals surface area contributed by atoms with E-state index in [0.29, 0.717) is 17.5 Å². The number of hydrogen-bond acceptors (Lipinski definition) is 4. The van der Waals surface area contributed by atoms with Crippen molar-refractivity contribution in [3.05, 3.63) is 23.9 Å². The smallest absolute Gasteiger partial charge is 0.252 e. The van der Waals surface area contributed by atoms with Crippen LogP contribution in [0.25, 0.3) is 0 Å². The van der Waals surface area contributed by atoms with E-state index in [9.17, 15) is 4.79 Å².